The molecule has 0 saturated carbocycles. The van der Waals surface area contributed by atoms with Crippen LogP contribution in [0.4, 0.5) is 10.5 Å². The second kappa shape index (κ2) is 5.35. The van der Waals surface area contributed by atoms with Crippen molar-refractivity contribution < 1.29 is 9.63 Å². The van der Waals surface area contributed by atoms with Crippen molar-refractivity contribution in [1.82, 2.24) is 5.06 Å². The molecule has 2 aromatic carbocycles. The molecule has 0 N–H and O–H groups in total. The molecular weight excluding hydrogens is 252 g/mol. The number of carbonyl (C=O) groups is 1. The third-order valence-electron chi connectivity index (χ3n) is 3.35. The molecule has 0 radical (unpaired) electrons. The average molecular weight is 268 g/mol. The largest absolute Gasteiger partial charge is 0.435 e. The van der Waals surface area contributed by atoms with Crippen molar-refractivity contribution in [2.75, 3.05) is 11.4 Å². The van der Waals surface area contributed by atoms with E-state index in [2.05, 4.69) is 0 Å². The lowest BCUT2D eigenvalue weighted by molar-refractivity contribution is -0.0863. The molecule has 102 valence electrons. The highest BCUT2D eigenvalue weighted by atomic mass is 16.7. The van der Waals surface area contributed by atoms with Crippen molar-refractivity contribution in [3.05, 3.63) is 66.2 Å². The minimum absolute atomic E-state index is 0.226. The molecule has 1 heterocycles. The predicted octanol–water partition coefficient (Wildman–Crippen LogP) is 3.58. The van der Waals surface area contributed by atoms with Crippen LogP contribution in [0.15, 0.2) is 60.7 Å². The fourth-order valence-electron chi connectivity index (χ4n) is 2.44. The molecule has 4 nitrogen and oxygen atoms in total. The summed E-state index contributed by atoms with van der Waals surface area (Å²) in [6.45, 7) is 2.60. The van der Waals surface area contributed by atoms with Crippen LogP contribution in [0.3, 0.4) is 0 Å². The monoisotopic (exact) mass is 268 g/mol. The molecule has 4 heteroatoms. The number of rotatable bonds is 3. The summed E-state index contributed by atoms with van der Waals surface area (Å²) in [4.78, 5) is 19.2. The number of carbonyl (C=O) groups excluding carboxylic acids is 1. The van der Waals surface area contributed by atoms with Gasteiger partial charge >= 0.3 is 6.09 Å². The van der Waals surface area contributed by atoms with Crippen LogP contribution in [0.5, 0.6) is 0 Å². The van der Waals surface area contributed by atoms with E-state index in [1.54, 1.807) is 9.96 Å². The summed E-state index contributed by atoms with van der Waals surface area (Å²) in [5, 5.41) is 1.70. The summed E-state index contributed by atoms with van der Waals surface area (Å²) in [5.41, 5.74) is 1.87. The van der Waals surface area contributed by atoms with Gasteiger partial charge < -0.3 is 4.84 Å². The highest BCUT2D eigenvalue weighted by molar-refractivity contribution is 5.89. The Morgan fingerprint density at radius 2 is 1.60 bits per heavy atom. The summed E-state index contributed by atoms with van der Waals surface area (Å²) in [5.74, 6) is 0. The lowest BCUT2D eigenvalue weighted by atomic mass is 10.1. The van der Waals surface area contributed by atoms with Gasteiger partial charge in [0, 0.05) is 12.2 Å². The molecule has 0 aliphatic carbocycles. The molecule has 1 amide bonds. The highest BCUT2D eigenvalue weighted by Gasteiger charge is 2.41. The van der Waals surface area contributed by atoms with Crippen LogP contribution in [0, 0.1) is 0 Å². The second-order valence-electron chi connectivity index (χ2n) is 4.58. The maximum Gasteiger partial charge on any atom is 0.435 e. The molecular formula is C16H16N2O2. The first-order chi connectivity index (χ1) is 9.81. The Kier molecular flexibility index (Phi) is 3.39. The molecule has 1 aliphatic rings. The maximum absolute atomic E-state index is 12.2. The first-order valence-corrected chi connectivity index (χ1v) is 6.69. The number of amides is 1. The van der Waals surface area contributed by atoms with E-state index in [0.717, 1.165) is 11.3 Å². The van der Waals surface area contributed by atoms with Gasteiger partial charge in [0.25, 0.3) is 0 Å². The van der Waals surface area contributed by atoms with Gasteiger partial charge in [-0.25, -0.2) is 4.79 Å². The third-order valence-corrected chi connectivity index (χ3v) is 3.35. The van der Waals surface area contributed by atoms with E-state index in [4.69, 9.17) is 4.84 Å². The fourth-order valence-corrected chi connectivity index (χ4v) is 2.44. The summed E-state index contributed by atoms with van der Waals surface area (Å²) in [7, 11) is 0. The van der Waals surface area contributed by atoms with Crippen LogP contribution in [0.25, 0.3) is 0 Å². The topological polar surface area (TPSA) is 32.8 Å². The quantitative estimate of drug-likeness (QED) is 0.853. The Morgan fingerprint density at radius 1 is 1.00 bits per heavy atom. The zero-order chi connectivity index (χ0) is 13.9. The Bertz CT molecular complexity index is 586. The lowest BCUT2D eigenvalue weighted by Gasteiger charge is -2.25. The van der Waals surface area contributed by atoms with Crippen LogP contribution in [0.1, 0.15) is 18.7 Å². The number of hydrogen-bond donors (Lipinski definition) is 0. The molecule has 0 bridgehead atoms. The Hall–Kier alpha value is -2.33. The molecule has 1 aliphatic heterocycles. The van der Waals surface area contributed by atoms with Gasteiger partial charge in [0.1, 0.15) is 0 Å². The van der Waals surface area contributed by atoms with E-state index >= 15 is 0 Å². The smallest absolute Gasteiger partial charge is 0.348 e. The van der Waals surface area contributed by atoms with Gasteiger partial charge in [-0.3, -0.25) is 4.90 Å². The number of hydrogen-bond acceptors (Lipinski definition) is 3. The molecule has 1 saturated heterocycles. The lowest BCUT2D eigenvalue weighted by Crippen LogP contribution is -2.31. The SMILES string of the molecule is CCN1OC(=O)N(c2ccccc2)C1c1ccccc1. The summed E-state index contributed by atoms with van der Waals surface area (Å²) < 4.78 is 0. The normalized spacial score (nSPS) is 19.1. The van der Waals surface area contributed by atoms with Gasteiger partial charge in [0.2, 0.25) is 0 Å². The van der Waals surface area contributed by atoms with Gasteiger partial charge in [-0.15, -0.1) is 5.06 Å². The van der Waals surface area contributed by atoms with Crippen LogP contribution in [-0.2, 0) is 4.84 Å². The molecule has 1 fully saturated rings. The van der Waals surface area contributed by atoms with E-state index in [1.807, 2.05) is 67.6 Å². The molecule has 0 aromatic heterocycles. The zero-order valence-electron chi connectivity index (χ0n) is 11.3. The van der Waals surface area contributed by atoms with Crippen molar-refractivity contribution in [3.63, 3.8) is 0 Å². The third kappa shape index (κ3) is 2.14. The van der Waals surface area contributed by atoms with Crippen molar-refractivity contribution in [2.24, 2.45) is 0 Å². The van der Waals surface area contributed by atoms with Crippen LogP contribution in [0.2, 0.25) is 0 Å². The molecule has 2 aromatic rings. The van der Waals surface area contributed by atoms with Crippen LogP contribution < -0.4 is 4.90 Å². The fraction of sp³-hybridized carbons (Fsp3) is 0.188. The molecule has 20 heavy (non-hydrogen) atoms. The van der Waals surface area contributed by atoms with E-state index in [-0.39, 0.29) is 12.3 Å². The first-order valence-electron chi connectivity index (χ1n) is 6.69. The minimum atomic E-state index is -0.341. The van der Waals surface area contributed by atoms with Crippen molar-refractivity contribution in [1.29, 1.82) is 0 Å². The van der Waals surface area contributed by atoms with Gasteiger partial charge in [-0.05, 0) is 24.6 Å². The average Bonchev–Trinajstić information content (AvgIpc) is 2.85. The molecule has 3 rings (SSSR count). The van der Waals surface area contributed by atoms with E-state index in [1.165, 1.54) is 0 Å². The number of hydroxylamine groups is 2. The Labute approximate surface area is 118 Å². The first kappa shape index (κ1) is 12.7. The molecule has 0 spiro atoms. The van der Waals surface area contributed by atoms with E-state index in [9.17, 15) is 4.79 Å². The summed E-state index contributed by atoms with van der Waals surface area (Å²) in [6, 6.07) is 19.5. The van der Waals surface area contributed by atoms with Crippen LogP contribution >= 0.6 is 0 Å². The number of anilines is 1. The van der Waals surface area contributed by atoms with Crippen molar-refractivity contribution in [2.45, 2.75) is 13.1 Å². The van der Waals surface area contributed by atoms with Crippen molar-refractivity contribution >= 4 is 11.8 Å². The van der Waals surface area contributed by atoms with E-state index in [0.29, 0.717) is 6.54 Å². The van der Waals surface area contributed by atoms with Gasteiger partial charge in [0.15, 0.2) is 6.17 Å². The standard InChI is InChI=1S/C16H16N2O2/c1-2-17-15(13-9-5-3-6-10-13)18(16(19)20-17)14-11-7-4-8-12-14/h3-12,15H,2H2,1H3. The predicted molar refractivity (Wildman–Crippen MR) is 77.0 cm³/mol. The molecule has 1 unspecified atom stereocenters. The van der Waals surface area contributed by atoms with Crippen molar-refractivity contribution in [3.8, 4) is 0 Å². The van der Waals surface area contributed by atoms with E-state index < -0.39 is 0 Å². The second-order valence-corrected chi connectivity index (χ2v) is 4.58. The zero-order valence-corrected chi connectivity index (χ0v) is 11.3. The number of nitrogens with zero attached hydrogens (tertiary/aromatic N) is 2. The minimum Gasteiger partial charge on any atom is -0.348 e. The molecule has 1 atom stereocenters. The highest BCUT2D eigenvalue weighted by Crippen LogP contribution is 2.35. The Morgan fingerprint density at radius 3 is 2.20 bits per heavy atom. The van der Waals surface area contributed by atoms with Gasteiger partial charge in [-0.2, -0.15) is 0 Å². The Balaban J connectivity index is 2.04. The van der Waals surface area contributed by atoms with Crippen LogP contribution in [-0.4, -0.2) is 17.7 Å². The number of benzene rings is 2. The van der Waals surface area contributed by atoms with Gasteiger partial charge in [0.05, 0.1) is 0 Å². The number of para-hydroxylation sites is 1. The van der Waals surface area contributed by atoms with Gasteiger partial charge in [-0.1, -0.05) is 48.5 Å². The summed E-state index contributed by atoms with van der Waals surface area (Å²) in [6.07, 6.45) is -0.567. The maximum atomic E-state index is 12.2. The summed E-state index contributed by atoms with van der Waals surface area (Å²) >= 11 is 0.